The van der Waals surface area contributed by atoms with Gasteiger partial charge in [0.15, 0.2) is 0 Å². The van der Waals surface area contributed by atoms with Crippen LogP contribution in [0.4, 0.5) is 4.79 Å². The summed E-state index contributed by atoms with van der Waals surface area (Å²) in [5.74, 6) is 0. The molecule has 4 heteroatoms. The number of hydrogen-bond donors (Lipinski definition) is 1. The fourth-order valence-corrected chi connectivity index (χ4v) is 0.745. The number of aliphatic hydroxyl groups excluding tert-OH is 1. The molecule has 1 aliphatic rings. The van der Waals surface area contributed by atoms with E-state index in [4.69, 9.17) is 5.11 Å². The van der Waals surface area contributed by atoms with Crippen LogP contribution in [0.25, 0.3) is 0 Å². The average Bonchev–Trinajstić information content (AvgIpc) is 2.13. The number of hydrogen-bond acceptors (Lipinski definition) is 3. The highest BCUT2D eigenvalue weighted by atomic mass is 16.6. The predicted molar refractivity (Wildman–Crippen MR) is 29.7 cm³/mol. The molecule has 9 heavy (non-hydrogen) atoms. The standard InChI is InChI=1S/C5H9NO3/c1-4(7)6-2-3-9-5(6)8/h4,7H,2-3H2,1H3. The summed E-state index contributed by atoms with van der Waals surface area (Å²) in [4.78, 5) is 11.8. The first-order valence-corrected chi connectivity index (χ1v) is 2.83. The van der Waals surface area contributed by atoms with Crippen molar-refractivity contribution in [2.24, 2.45) is 0 Å². The molecule has 0 bridgehead atoms. The Kier molecular flexibility index (Phi) is 1.57. The molecule has 0 saturated carbocycles. The molecule has 0 radical (unpaired) electrons. The highest BCUT2D eigenvalue weighted by molar-refractivity contribution is 5.69. The number of carbonyl (C=O) groups is 1. The summed E-state index contributed by atoms with van der Waals surface area (Å²) in [5, 5.41) is 8.85. The zero-order chi connectivity index (χ0) is 6.85. The maximum absolute atomic E-state index is 10.6. The normalized spacial score (nSPS) is 22.0. The Balaban J connectivity index is 2.49. The number of amides is 1. The van der Waals surface area contributed by atoms with Crippen molar-refractivity contribution in [3.8, 4) is 0 Å². The van der Waals surface area contributed by atoms with Crippen molar-refractivity contribution >= 4 is 6.09 Å². The molecule has 1 unspecified atom stereocenters. The van der Waals surface area contributed by atoms with E-state index in [9.17, 15) is 4.79 Å². The van der Waals surface area contributed by atoms with E-state index in [1.54, 1.807) is 0 Å². The lowest BCUT2D eigenvalue weighted by atomic mass is 10.5. The van der Waals surface area contributed by atoms with E-state index >= 15 is 0 Å². The number of rotatable bonds is 1. The highest BCUT2D eigenvalue weighted by Gasteiger charge is 2.24. The minimum atomic E-state index is -0.722. The molecule has 1 atom stereocenters. The first-order valence-electron chi connectivity index (χ1n) is 2.83. The van der Waals surface area contributed by atoms with Gasteiger partial charge >= 0.3 is 6.09 Å². The van der Waals surface area contributed by atoms with Gasteiger partial charge in [-0.2, -0.15) is 0 Å². The van der Waals surface area contributed by atoms with Crippen LogP contribution in [0.15, 0.2) is 0 Å². The Morgan fingerprint density at radius 3 is 2.78 bits per heavy atom. The topological polar surface area (TPSA) is 49.8 Å². The van der Waals surface area contributed by atoms with Gasteiger partial charge in [-0.1, -0.05) is 0 Å². The van der Waals surface area contributed by atoms with Crippen LogP contribution < -0.4 is 0 Å². The van der Waals surface area contributed by atoms with Crippen LogP contribution >= 0.6 is 0 Å². The number of nitrogens with zero attached hydrogens (tertiary/aromatic N) is 1. The molecule has 0 aromatic heterocycles. The number of cyclic esters (lactones) is 1. The molecule has 0 spiro atoms. The lowest BCUT2D eigenvalue weighted by Crippen LogP contribution is -2.33. The van der Waals surface area contributed by atoms with Crippen molar-refractivity contribution in [1.82, 2.24) is 4.90 Å². The molecule has 1 fully saturated rings. The molecule has 1 saturated heterocycles. The van der Waals surface area contributed by atoms with Crippen LogP contribution in [0, 0.1) is 0 Å². The van der Waals surface area contributed by atoms with Crippen molar-refractivity contribution in [3.05, 3.63) is 0 Å². The molecular weight excluding hydrogens is 122 g/mol. The lowest BCUT2D eigenvalue weighted by Gasteiger charge is -2.14. The van der Waals surface area contributed by atoms with Gasteiger partial charge in [0.2, 0.25) is 0 Å². The van der Waals surface area contributed by atoms with Crippen molar-refractivity contribution in [2.75, 3.05) is 13.2 Å². The molecule has 1 amide bonds. The van der Waals surface area contributed by atoms with Gasteiger partial charge in [0.1, 0.15) is 12.8 Å². The van der Waals surface area contributed by atoms with Gasteiger partial charge in [0.25, 0.3) is 0 Å². The van der Waals surface area contributed by atoms with Crippen molar-refractivity contribution in [1.29, 1.82) is 0 Å². The third-order valence-electron chi connectivity index (χ3n) is 1.24. The maximum Gasteiger partial charge on any atom is 0.411 e. The van der Waals surface area contributed by atoms with E-state index < -0.39 is 12.3 Å². The summed E-state index contributed by atoms with van der Waals surface area (Å²) in [5.41, 5.74) is 0. The Hall–Kier alpha value is -0.770. The van der Waals surface area contributed by atoms with E-state index in [0.29, 0.717) is 13.2 Å². The van der Waals surface area contributed by atoms with Crippen LogP contribution in [-0.2, 0) is 4.74 Å². The minimum Gasteiger partial charge on any atom is -0.447 e. The summed E-state index contributed by atoms with van der Waals surface area (Å²) >= 11 is 0. The second-order valence-corrected chi connectivity index (χ2v) is 1.94. The summed E-state index contributed by atoms with van der Waals surface area (Å²) in [6.45, 7) is 2.42. The maximum atomic E-state index is 10.6. The van der Waals surface area contributed by atoms with Gasteiger partial charge < -0.3 is 9.84 Å². The van der Waals surface area contributed by atoms with Gasteiger partial charge in [0.05, 0.1) is 6.54 Å². The first kappa shape index (κ1) is 6.35. The van der Waals surface area contributed by atoms with Gasteiger partial charge in [-0.25, -0.2) is 4.79 Å². The smallest absolute Gasteiger partial charge is 0.411 e. The highest BCUT2D eigenvalue weighted by Crippen LogP contribution is 2.05. The largest absolute Gasteiger partial charge is 0.447 e. The van der Waals surface area contributed by atoms with Gasteiger partial charge in [0, 0.05) is 0 Å². The van der Waals surface area contributed by atoms with Crippen molar-refractivity contribution in [3.63, 3.8) is 0 Å². The monoisotopic (exact) mass is 131 g/mol. The van der Waals surface area contributed by atoms with Crippen LogP contribution in [-0.4, -0.2) is 35.5 Å². The first-order chi connectivity index (χ1) is 4.22. The molecule has 1 aliphatic heterocycles. The van der Waals surface area contributed by atoms with E-state index in [-0.39, 0.29) is 0 Å². The van der Waals surface area contributed by atoms with E-state index in [1.807, 2.05) is 0 Å². The molecule has 0 aliphatic carbocycles. The number of aliphatic hydroxyl groups is 1. The fourth-order valence-electron chi connectivity index (χ4n) is 0.745. The summed E-state index contributed by atoms with van der Waals surface area (Å²) in [6, 6.07) is 0. The molecule has 0 aromatic carbocycles. The van der Waals surface area contributed by atoms with E-state index in [2.05, 4.69) is 4.74 Å². The SMILES string of the molecule is CC(O)N1CCOC1=O. The molecule has 1 N–H and O–H groups in total. The van der Waals surface area contributed by atoms with Gasteiger partial charge in [-0.15, -0.1) is 0 Å². The average molecular weight is 131 g/mol. The van der Waals surface area contributed by atoms with E-state index in [1.165, 1.54) is 11.8 Å². The van der Waals surface area contributed by atoms with Crippen LogP contribution in [0.1, 0.15) is 6.92 Å². The Morgan fingerprint density at radius 2 is 2.56 bits per heavy atom. The Bertz CT molecular complexity index is 123. The van der Waals surface area contributed by atoms with E-state index in [0.717, 1.165) is 0 Å². The molecule has 0 aromatic rings. The second-order valence-electron chi connectivity index (χ2n) is 1.94. The predicted octanol–water partition coefficient (Wildman–Crippen LogP) is -0.223. The lowest BCUT2D eigenvalue weighted by molar-refractivity contribution is 0.0519. The fraction of sp³-hybridized carbons (Fsp3) is 0.800. The minimum absolute atomic E-state index is 0.393. The Labute approximate surface area is 53.0 Å². The summed E-state index contributed by atoms with van der Waals surface area (Å²) < 4.78 is 4.55. The quantitative estimate of drug-likeness (QED) is 0.535. The Morgan fingerprint density at radius 1 is 1.89 bits per heavy atom. The molecule has 52 valence electrons. The third-order valence-corrected chi connectivity index (χ3v) is 1.24. The molecule has 1 rings (SSSR count). The third kappa shape index (κ3) is 1.13. The van der Waals surface area contributed by atoms with Crippen molar-refractivity contribution in [2.45, 2.75) is 13.2 Å². The molecule has 4 nitrogen and oxygen atoms in total. The van der Waals surface area contributed by atoms with Gasteiger partial charge in [-0.05, 0) is 6.92 Å². The molecular formula is C5H9NO3. The van der Waals surface area contributed by atoms with Crippen LogP contribution in [0.2, 0.25) is 0 Å². The zero-order valence-electron chi connectivity index (χ0n) is 5.20. The number of carbonyl (C=O) groups excluding carboxylic acids is 1. The van der Waals surface area contributed by atoms with Crippen LogP contribution in [0.3, 0.4) is 0 Å². The number of ether oxygens (including phenoxy) is 1. The van der Waals surface area contributed by atoms with Crippen molar-refractivity contribution < 1.29 is 14.6 Å². The second kappa shape index (κ2) is 2.23. The zero-order valence-corrected chi connectivity index (χ0v) is 5.20. The van der Waals surface area contributed by atoms with Crippen LogP contribution in [0.5, 0.6) is 0 Å². The summed E-state index contributed by atoms with van der Waals surface area (Å²) in [6.07, 6.45) is -1.15. The van der Waals surface area contributed by atoms with Gasteiger partial charge in [-0.3, -0.25) is 4.90 Å². The summed E-state index contributed by atoms with van der Waals surface area (Å²) in [7, 11) is 0. The molecule has 1 heterocycles.